The summed E-state index contributed by atoms with van der Waals surface area (Å²) in [4.78, 5) is 16.3. The smallest absolute Gasteiger partial charge is 0.319 e. The second kappa shape index (κ2) is 6.17. The van der Waals surface area contributed by atoms with E-state index in [1.165, 1.54) is 12.8 Å². The molecule has 6 heteroatoms. The zero-order valence-electron chi connectivity index (χ0n) is 13.0. The molecule has 0 unspecified atom stereocenters. The molecule has 0 aliphatic heterocycles. The molecule has 1 aliphatic rings. The first-order chi connectivity index (χ1) is 10.6. The highest BCUT2D eigenvalue weighted by Gasteiger charge is 2.20. The van der Waals surface area contributed by atoms with E-state index in [1.54, 1.807) is 4.68 Å². The van der Waals surface area contributed by atoms with Crippen molar-refractivity contribution in [1.82, 2.24) is 20.1 Å². The molecular formula is C16H21N5O. The Morgan fingerprint density at radius 3 is 2.77 bits per heavy atom. The number of urea groups is 1. The number of aromatic nitrogens is 3. The van der Waals surface area contributed by atoms with Crippen LogP contribution in [0.2, 0.25) is 0 Å². The molecule has 0 spiro atoms. The van der Waals surface area contributed by atoms with E-state index in [-0.39, 0.29) is 6.03 Å². The van der Waals surface area contributed by atoms with E-state index in [1.807, 2.05) is 38.1 Å². The van der Waals surface area contributed by atoms with E-state index < -0.39 is 0 Å². The van der Waals surface area contributed by atoms with Crippen LogP contribution in [-0.2, 0) is 0 Å². The van der Waals surface area contributed by atoms with Crippen LogP contribution in [0.15, 0.2) is 24.3 Å². The summed E-state index contributed by atoms with van der Waals surface area (Å²) in [6, 6.07) is 7.42. The molecular weight excluding hydrogens is 278 g/mol. The maximum Gasteiger partial charge on any atom is 0.319 e. The predicted molar refractivity (Wildman–Crippen MR) is 85.2 cm³/mol. The number of amides is 2. The summed E-state index contributed by atoms with van der Waals surface area (Å²) in [5, 5.41) is 10.2. The van der Waals surface area contributed by atoms with Crippen LogP contribution in [-0.4, -0.2) is 27.3 Å². The fourth-order valence-corrected chi connectivity index (χ4v) is 2.48. The van der Waals surface area contributed by atoms with Crippen molar-refractivity contribution in [2.24, 2.45) is 5.92 Å². The van der Waals surface area contributed by atoms with Gasteiger partial charge in [-0.1, -0.05) is 25.0 Å². The first kappa shape index (κ1) is 14.6. The van der Waals surface area contributed by atoms with Gasteiger partial charge in [0.05, 0.1) is 11.4 Å². The third-order valence-corrected chi connectivity index (χ3v) is 3.79. The van der Waals surface area contributed by atoms with Crippen molar-refractivity contribution in [2.45, 2.75) is 33.1 Å². The Hall–Kier alpha value is -2.37. The van der Waals surface area contributed by atoms with Gasteiger partial charge in [-0.25, -0.2) is 14.5 Å². The highest BCUT2D eigenvalue weighted by Crippen LogP contribution is 2.31. The average Bonchev–Trinajstić information content (AvgIpc) is 3.24. The van der Waals surface area contributed by atoms with Gasteiger partial charge in [-0.15, -0.1) is 0 Å². The number of nitrogens with one attached hydrogen (secondary N) is 2. The van der Waals surface area contributed by atoms with Crippen molar-refractivity contribution in [3.8, 4) is 5.69 Å². The van der Waals surface area contributed by atoms with Crippen molar-refractivity contribution in [1.29, 1.82) is 0 Å². The molecule has 1 aromatic heterocycles. The van der Waals surface area contributed by atoms with Gasteiger partial charge in [-0.3, -0.25) is 0 Å². The molecule has 116 valence electrons. The molecule has 0 bridgehead atoms. The topological polar surface area (TPSA) is 71.8 Å². The van der Waals surface area contributed by atoms with E-state index >= 15 is 0 Å². The lowest BCUT2D eigenvalue weighted by atomic mass is 10.2. The third kappa shape index (κ3) is 3.44. The first-order valence-electron chi connectivity index (χ1n) is 7.68. The monoisotopic (exact) mass is 299 g/mol. The number of anilines is 1. The molecule has 2 N–H and O–H groups in total. The molecule has 1 aromatic carbocycles. The molecule has 3 rings (SSSR count). The number of nitrogens with zero attached hydrogens (tertiary/aromatic N) is 3. The van der Waals surface area contributed by atoms with Crippen molar-refractivity contribution < 1.29 is 4.79 Å². The van der Waals surface area contributed by atoms with Crippen molar-refractivity contribution in [2.75, 3.05) is 11.9 Å². The minimum Gasteiger partial charge on any atom is -0.338 e. The number of hydrogen-bond acceptors (Lipinski definition) is 3. The number of benzene rings is 1. The Bertz CT molecular complexity index is 675. The van der Waals surface area contributed by atoms with E-state index in [2.05, 4.69) is 20.7 Å². The Kier molecular flexibility index (Phi) is 4.09. The van der Waals surface area contributed by atoms with Crippen LogP contribution in [0.1, 0.15) is 30.9 Å². The fourth-order valence-electron chi connectivity index (χ4n) is 2.48. The zero-order valence-corrected chi connectivity index (χ0v) is 13.0. The molecule has 1 aliphatic carbocycles. The lowest BCUT2D eigenvalue weighted by Gasteiger charge is -2.12. The van der Waals surface area contributed by atoms with Crippen molar-refractivity contribution >= 4 is 11.7 Å². The van der Waals surface area contributed by atoms with Gasteiger partial charge in [0.15, 0.2) is 0 Å². The number of carbonyl (C=O) groups excluding carboxylic acids is 1. The van der Waals surface area contributed by atoms with Crippen molar-refractivity contribution in [3.63, 3.8) is 0 Å². The van der Waals surface area contributed by atoms with E-state index in [0.29, 0.717) is 5.82 Å². The summed E-state index contributed by atoms with van der Waals surface area (Å²) in [5.74, 6) is 2.32. The molecule has 0 radical (unpaired) electrons. The molecule has 0 saturated heterocycles. The largest absolute Gasteiger partial charge is 0.338 e. The maximum absolute atomic E-state index is 12.0. The number of aryl methyl sites for hydroxylation is 2. The van der Waals surface area contributed by atoms with Gasteiger partial charge < -0.3 is 10.6 Å². The lowest BCUT2D eigenvalue weighted by molar-refractivity contribution is 0.252. The Morgan fingerprint density at radius 2 is 2.09 bits per heavy atom. The summed E-state index contributed by atoms with van der Waals surface area (Å²) >= 11 is 0. The molecule has 6 nitrogen and oxygen atoms in total. The molecule has 22 heavy (non-hydrogen) atoms. The quantitative estimate of drug-likeness (QED) is 0.891. The standard InChI is InChI=1S/C16H21N5O/c1-11-18-12(2)21(20-11)15-6-4-3-5-14(15)19-16(22)17-10-9-13-7-8-13/h3-6,13H,7-10H2,1-2H3,(H2,17,19,22). The Labute approximate surface area is 129 Å². The molecule has 2 amide bonds. The van der Waals surface area contributed by atoms with Crippen molar-refractivity contribution in [3.05, 3.63) is 35.9 Å². The van der Waals surface area contributed by atoms with Gasteiger partial charge in [0.25, 0.3) is 0 Å². The SMILES string of the molecule is Cc1nc(C)n(-c2ccccc2NC(=O)NCCC2CC2)n1. The van der Waals surface area contributed by atoms with E-state index in [9.17, 15) is 4.79 Å². The van der Waals surface area contributed by atoms with Gasteiger partial charge in [0.1, 0.15) is 11.6 Å². The first-order valence-corrected chi connectivity index (χ1v) is 7.68. The predicted octanol–water partition coefficient (Wildman–Crippen LogP) is 2.81. The minimum absolute atomic E-state index is 0.178. The minimum atomic E-state index is -0.178. The summed E-state index contributed by atoms with van der Waals surface area (Å²) in [6.45, 7) is 4.47. The van der Waals surface area contributed by atoms with Crippen LogP contribution in [0.4, 0.5) is 10.5 Å². The summed E-state index contributed by atoms with van der Waals surface area (Å²) in [6.07, 6.45) is 3.67. The average molecular weight is 299 g/mol. The molecule has 0 atom stereocenters. The number of carbonyl (C=O) groups is 1. The highest BCUT2D eigenvalue weighted by atomic mass is 16.2. The molecule has 1 saturated carbocycles. The second-order valence-corrected chi connectivity index (χ2v) is 5.75. The van der Waals surface area contributed by atoms with Crippen LogP contribution in [0.5, 0.6) is 0 Å². The Morgan fingerprint density at radius 1 is 1.32 bits per heavy atom. The number of rotatable bonds is 5. The van der Waals surface area contributed by atoms with Crippen LogP contribution >= 0.6 is 0 Å². The lowest BCUT2D eigenvalue weighted by Crippen LogP contribution is -2.30. The number of hydrogen-bond donors (Lipinski definition) is 2. The summed E-state index contributed by atoms with van der Waals surface area (Å²) in [7, 11) is 0. The van der Waals surface area contributed by atoms with Crippen LogP contribution in [0.3, 0.4) is 0 Å². The summed E-state index contributed by atoms with van der Waals surface area (Å²) in [5.41, 5.74) is 1.54. The molecule has 1 heterocycles. The van der Waals surface area contributed by atoms with Crippen LogP contribution < -0.4 is 10.6 Å². The molecule has 1 fully saturated rings. The summed E-state index contributed by atoms with van der Waals surface area (Å²) < 4.78 is 1.75. The van der Waals surface area contributed by atoms with Gasteiger partial charge in [-0.05, 0) is 38.3 Å². The normalized spacial score (nSPS) is 13.9. The highest BCUT2D eigenvalue weighted by molar-refractivity contribution is 5.91. The van der Waals surface area contributed by atoms with Crippen LogP contribution in [0.25, 0.3) is 5.69 Å². The van der Waals surface area contributed by atoms with Gasteiger partial charge in [0, 0.05) is 6.54 Å². The third-order valence-electron chi connectivity index (χ3n) is 3.79. The maximum atomic E-state index is 12.0. The van der Waals surface area contributed by atoms with E-state index in [0.717, 1.165) is 36.1 Å². The zero-order chi connectivity index (χ0) is 15.5. The van der Waals surface area contributed by atoms with E-state index in [4.69, 9.17) is 0 Å². The van der Waals surface area contributed by atoms with Gasteiger partial charge in [0.2, 0.25) is 0 Å². The fraction of sp³-hybridized carbons (Fsp3) is 0.438. The van der Waals surface area contributed by atoms with Crippen LogP contribution in [0, 0.1) is 19.8 Å². The van der Waals surface area contributed by atoms with Gasteiger partial charge >= 0.3 is 6.03 Å². The second-order valence-electron chi connectivity index (χ2n) is 5.75. The Balaban J connectivity index is 1.70. The van der Waals surface area contributed by atoms with Gasteiger partial charge in [-0.2, -0.15) is 5.10 Å². The number of para-hydroxylation sites is 2. The molecule has 2 aromatic rings.